The number of nitrogens with two attached hydrogens (primary N) is 1. The highest BCUT2D eigenvalue weighted by Crippen LogP contribution is 2.43. The minimum atomic E-state index is -4.38. The van der Waals surface area contributed by atoms with E-state index in [0.717, 1.165) is 103 Å². The first-order valence-electron chi connectivity index (χ1n) is 26.9. The van der Waals surface area contributed by atoms with Crippen LogP contribution in [0.25, 0.3) is 0 Å². The van der Waals surface area contributed by atoms with Gasteiger partial charge >= 0.3 is 19.8 Å². The van der Waals surface area contributed by atoms with E-state index in [-0.39, 0.29) is 38.6 Å². The second kappa shape index (κ2) is 53.0. The number of unbranched alkanes of at least 4 members (excludes halogenated alkanes) is 18. The van der Waals surface area contributed by atoms with Gasteiger partial charge in [-0.1, -0.05) is 226 Å². The Hall–Kier alpha value is -3.33. The molecule has 0 radical (unpaired) electrons. The zero-order valence-corrected chi connectivity index (χ0v) is 43.9. The minimum Gasteiger partial charge on any atom is -0.462 e. The number of rotatable bonds is 49. The molecule has 0 aliphatic rings. The Morgan fingerprint density at radius 3 is 1.21 bits per heavy atom. The molecule has 0 bridgehead atoms. The first-order chi connectivity index (χ1) is 33.3. The summed E-state index contributed by atoms with van der Waals surface area (Å²) in [6, 6.07) is 0. The number of phosphoric acid groups is 1. The molecule has 0 saturated heterocycles. The Kier molecular flexibility index (Phi) is 50.4. The predicted molar refractivity (Wildman–Crippen MR) is 288 cm³/mol. The van der Waals surface area contributed by atoms with E-state index in [4.69, 9.17) is 24.3 Å². The maximum Gasteiger partial charge on any atom is 0.472 e. The fraction of sp³-hybridized carbons (Fsp3) is 0.655. The molecule has 0 amide bonds. The third-order valence-electron chi connectivity index (χ3n) is 10.9. The quantitative estimate of drug-likeness (QED) is 0.0264. The number of ether oxygens (including phenoxy) is 2. The van der Waals surface area contributed by atoms with Crippen LogP contribution in [-0.2, 0) is 32.7 Å². The molecular weight excluding hydrogens is 870 g/mol. The predicted octanol–water partition coefficient (Wildman–Crippen LogP) is 16.7. The Morgan fingerprint density at radius 2 is 0.809 bits per heavy atom. The third kappa shape index (κ3) is 52.0. The van der Waals surface area contributed by atoms with Gasteiger partial charge in [0, 0.05) is 19.4 Å². The van der Waals surface area contributed by atoms with Gasteiger partial charge in [0.15, 0.2) is 6.10 Å². The second-order valence-electron chi connectivity index (χ2n) is 17.4. The second-order valence-corrected chi connectivity index (χ2v) is 18.8. The van der Waals surface area contributed by atoms with Gasteiger partial charge in [0.1, 0.15) is 6.61 Å². The number of esters is 2. The van der Waals surface area contributed by atoms with Crippen molar-refractivity contribution in [1.29, 1.82) is 0 Å². The number of carbonyl (C=O) groups is 2. The molecule has 3 N–H and O–H groups in total. The lowest BCUT2D eigenvalue weighted by Crippen LogP contribution is -2.29. The van der Waals surface area contributed by atoms with E-state index in [0.29, 0.717) is 6.42 Å². The van der Waals surface area contributed by atoms with Crippen molar-refractivity contribution in [1.82, 2.24) is 0 Å². The van der Waals surface area contributed by atoms with Crippen LogP contribution in [0.1, 0.15) is 213 Å². The summed E-state index contributed by atoms with van der Waals surface area (Å²) in [5, 5.41) is 0. The number of hydrogen-bond donors (Lipinski definition) is 2. The molecular formula is C58H98NO8P. The summed E-state index contributed by atoms with van der Waals surface area (Å²) in [5.74, 6) is -0.841. The molecule has 0 aromatic heterocycles. The molecule has 0 saturated carbocycles. The van der Waals surface area contributed by atoms with Crippen molar-refractivity contribution in [2.45, 2.75) is 219 Å². The highest BCUT2D eigenvalue weighted by atomic mass is 31.2. The van der Waals surface area contributed by atoms with E-state index in [1.165, 1.54) is 77.0 Å². The molecule has 9 nitrogen and oxygen atoms in total. The molecule has 2 unspecified atom stereocenters. The summed E-state index contributed by atoms with van der Waals surface area (Å²) in [7, 11) is -4.38. The monoisotopic (exact) mass is 968 g/mol. The van der Waals surface area contributed by atoms with Crippen LogP contribution in [0.5, 0.6) is 0 Å². The lowest BCUT2D eigenvalue weighted by molar-refractivity contribution is -0.161. The zero-order valence-electron chi connectivity index (χ0n) is 43.0. The Morgan fingerprint density at radius 1 is 0.456 bits per heavy atom. The van der Waals surface area contributed by atoms with Crippen molar-refractivity contribution in [2.24, 2.45) is 5.73 Å². The van der Waals surface area contributed by atoms with Gasteiger partial charge in [-0.25, -0.2) is 4.57 Å². The summed E-state index contributed by atoms with van der Waals surface area (Å²) < 4.78 is 32.8. The van der Waals surface area contributed by atoms with E-state index in [2.05, 4.69) is 123 Å². The van der Waals surface area contributed by atoms with Gasteiger partial charge in [0.25, 0.3) is 0 Å². The highest BCUT2D eigenvalue weighted by Gasteiger charge is 2.26. The number of allylic oxidation sites excluding steroid dienone is 18. The summed E-state index contributed by atoms with van der Waals surface area (Å²) in [5.41, 5.74) is 5.36. The smallest absolute Gasteiger partial charge is 0.462 e. The van der Waals surface area contributed by atoms with Crippen LogP contribution < -0.4 is 5.73 Å². The molecule has 0 aromatic carbocycles. The van der Waals surface area contributed by atoms with Crippen molar-refractivity contribution in [3.8, 4) is 0 Å². The molecule has 0 aromatic rings. The molecule has 0 heterocycles. The molecule has 0 fully saturated rings. The molecule has 2 atom stereocenters. The van der Waals surface area contributed by atoms with Gasteiger partial charge in [-0.15, -0.1) is 0 Å². The first kappa shape index (κ1) is 64.7. The first-order valence-corrected chi connectivity index (χ1v) is 28.4. The largest absolute Gasteiger partial charge is 0.472 e. The topological polar surface area (TPSA) is 134 Å². The fourth-order valence-electron chi connectivity index (χ4n) is 6.98. The maximum absolute atomic E-state index is 12.6. The highest BCUT2D eigenvalue weighted by molar-refractivity contribution is 7.47. The van der Waals surface area contributed by atoms with Gasteiger partial charge in [0.2, 0.25) is 0 Å². The van der Waals surface area contributed by atoms with Crippen LogP contribution in [0.2, 0.25) is 0 Å². The number of carbonyl (C=O) groups excluding carboxylic acids is 2. The van der Waals surface area contributed by atoms with E-state index in [1.807, 2.05) is 0 Å². The van der Waals surface area contributed by atoms with Crippen LogP contribution in [0.3, 0.4) is 0 Å². The van der Waals surface area contributed by atoms with Crippen LogP contribution in [0.4, 0.5) is 0 Å². The average molecular weight is 968 g/mol. The zero-order chi connectivity index (χ0) is 49.5. The lowest BCUT2D eigenvalue weighted by atomic mass is 10.1. The number of phosphoric ester groups is 1. The standard InChI is InChI=1S/C58H98NO8P/c1-3-5-7-9-11-13-15-16-17-18-19-20-21-22-23-24-25-26-27-28-29-30-31-32-33-34-35-36-37-38-39-40-41-43-45-47-49-51-58(61)67-56(55-66-68(62,63)65-53-52-59)54-64-57(60)50-48-46-44-42-14-12-10-8-6-4-2/h5,7,11,13,16-17,19-20,22-23,25-26,28-29,31-32,34-35,56H,3-4,6,8-10,12,14-15,18,21,24,27,30,33,36-55,59H2,1-2H3,(H,62,63)/b7-5-,13-11-,17-16-,20-19-,23-22-,26-25-,29-28-,32-31-,35-34-. The summed E-state index contributed by atoms with van der Waals surface area (Å²) in [6.07, 6.45) is 71.5. The minimum absolute atomic E-state index is 0.0487. The van der Waals surface area contributed by atoms with Crippen LogP contribution in [-0.4, -0.2) is 49.3 Å². The van der Waals surface area contributed by atoms with Gasteiger partial charge < -0.3 is 20.1 Å². The molecule has 0 rings (SSSR count). The van der Waals surface area contributed by atoms with E-state index in [9.17, 15) is 19.0 Å². The molecule has 0 aliphatic carbocycles. The summed E-state index contributed by atoms with van der Waals surface area (Å²) in [4.78, 5) is 34.9. The normalized spacial score (nSPS) is 14.0. The maximum atomic E-state index is 12.6. The molecule has 0 spiro atoms. The van der Waals surface area contributed by atoms with Crippen molar-refractivity contribution in [3.63, 3.8) is 0 Å². The summed E-state index contributed by atoms with van der Waals surface area (Å²) >= 11 is 0. The van der Waals surface area contributed by atoms with E-state index < -0.39 is 26.5 Å². The molecule has 0 aliphatic heterocycles. The van der Waals surface area contributed by atoms with Crippen LogP contribution in [0.15, 0.2) is 109 Å². The molecule has 388 valence electrons. The SMILES string of the molecule is CC/C=C\C/C=C\C/C=C\C/C=C\C/C=C\C/C=C\C/C=C\C/C=C\C/C=C\CCCCCCCCCCCC(=O)OC(COC(=O)CCCCCCCCCCCC)COP(=O)(O)OCCN. The van der Waals surface area contributed by atoms with Crippen molar-refractivity contribution < 1.29 is 37.6 Å². The Balaban J connectivity index is 3.96. The van der Waals surface area contributed by atoms with Gasteiger partial charge in [-0.3, -0.25) is 18.6 Å². The number of hydrogen-bond acceptors (Lipinski definition) is 8. The van der Waals surface area contributed by atoms with Crippen molar-refractivity contribution >= 4 is 19.8 Å². The Labute approximate surface area is 416 Å². The lowest BCUT2D eigenvalue weighted by Gasteiger charge is -2.19. The van der Waals surface area contributed by atoms with Crippen LogP contribution >= 0.6 is 7.82 Å². The van der Waals surface area contributed by atoms with Gasteiger partial charge in [-0.2, -0.15) is 0 Å². The van der Waals surface area contributed by atoms with Crippen molar-refractivity contribution in [3.05, 3.63) is 109 Å². The van der Waals surface area contributed by atoms with E-state index >= 15 is 0 Å². The average Bonchev–Trinajstić information content (AvgIpc) is 3.33. The summed E-state index contributed by atoms with van der Waals surface area (Å²) in [6.45, 7) is 3.59. The molecule has 10 heteroatoms. The fourth-order valence-corrected chi connectivity index (χ4v) is 7.75. The van der Waals surface area contributed by atoms with Crippen LogP contribution in [0, 0.1) is 0 Å². The molecule has 68 heavy (non-hydrogen) atoms. The van der Waals surface area contributed by atoms with Gasteiger partial charge in [0.05, 0.1) is 13.2 Å². The Bertz CT molecular complexity index is 1480. The van der Waals surface area contributed by atoms with E-state index in [1.54, 1.807) is 0 Å². The third-order valence-corrected chi connectivity index (χ3v) is 11.9. The van der Waals surface area contributed by atoms with Gasteiger partial charge in [-0.05, 0) is 83.5 Å². The van der Waals surface area contributed by atoms with Crippen molar-refractivity contribution in [2.75, 3.05) is 26.4 Å².